The Balaban J connectivity index is 0. The molecule has 0 spiro atoms. The van der Waals surface area contributed by atoms with Crippen molar-refractivity contribution >= 4 is 11.9 Å². The Morgan fingerprint density at radius 2 is 1.30 bits per heavy atom. The molecule has 134 valence electrons. The SMILES string of the molecule is C=C(C)C(=O)OCCCC.C=C(C)C(=O)OCCN(CC)CC. The van der Waals surface area contributed by atoms with Crippen LogP contribution in [0.4, 0.5) is 0 Å². The van der Waals surface area contributed by atoms with E-state index in [-0.39, 0.29) is 11.9 Å². The number of rotatable bonds is 10. The third kappa shape index (κ3) is 15.1. The van der Waals surface area contributed by atoms with Crippen molar-refractivity contribution in [1.82, 2.24) is 4.90 Å². The lowest BCUT2D eigenvalue weighted by atomic mass is 10.3. The molecule has 0 bridgehead atoms. The van der Waals surface area contributed by atoms with Gasteiger partial charge in [-0.05, 0) is 33.4 Å². The van der Waals surface area contributed by atoms with Crippen LogP contribution in [0, 0.1) is 0 Å². The van der Waals surface area contributed by atoms with Gasteiger partial charge in [0, 0.05) is 17.7 Å². The van der Waals surface area contributed by atoms with Crippen LogP contribution < -0.4 is 0 Å². The van der Waals surface area contributed by atoms with Crippen LogP contribution in [0.2, 0.25) is 0 Å². The van der Waals surface area contributed by atoms with Crippen molar-refractivity contribution in [3.8, 4) is 0 Å². The minimum absolute atomic E-state index is 0.284. The van der Waals surface area contributed by atoms with Crippen LogP contribution in [-0.4, -0.2) is 49.7 Å². The van der Waals surface area contributed by atoms with Crippen molar-refractivity contribution in [3.63, 3.8) is 0 Å². The molecule has 0 saturated carbocycles. The fourth-order valence-corrected chi connectivity index (χ4v) is 1.36. The highest BCUT2D eigenvalue weighted by atomic mass is 16.5. The van der Waals surface area contributed by atoms with Gasteiger partial charge in [0.2, 0.25) is 0 Å². The number of hydrogen-bond acceptors (Lipinski definition) is 5. The molecule has 0 aromatic carbocycles. The van der Waals surface area contributed by atoms with Gasteiger partial charge in [-0.3, -0.25) is 0 Å². The van der Waals surface area contributed by atoms with Crippen LogP contribution in [0.3, 0.4) is 0 Å². The Labute approximate surface area is 141 Å². The van der Waals surface area contributed by atoms with Gasteiger partial charge in [0.1, 0.15) is 6.61 Å². The summed E-state index contributed by atoms with van der Waals surface area (Å²) in [6, 6.07) is 0. The van der Waals surface area contributed by atoms with E-state index in [0.717, 1.165) is 32.5 Å². The molecule has 0 aliphatic carbocycles. The number of unbranched alkanes of at least 4 members (excludes halogenated alkanes) is 1. The first-order valence-corrected chi connectivity index (χ1v) is 8.17. The lowest BCUT2D eigenvalue weighted by molar-refractivity contribution is -0.140. The van der Waals surface area contributed by atoms with Crippen molar-refractivity contribution in [2.24, 2.45) is 0 Å². The van der Waals surface area contributed by atoms with Crippen molar-refractivity contribution in [3.05, 3.63) is 24.3 Å². The molecule has 0 aromatic heterocycles. The minimum atomic E-state index is -0.299. The molecule has 0 fully saturated rings. The van der Waals surface area contributed by atoms with E-state index < -0.39 is 0 Å². The first kappa shape index (κ1) is 23.6. The van der Waals surface area contributed by atoms with Gasteiger partial charge in [0.05, 0.1) is 6.61 Å². The fourth-order valence-electron chi connectivity index (χ4n) is 1.36. The van der Waals surface area contributed by atoms with Crippen LogP contribution in [-0.2, 0) is 19.1 Å². The number of likely N-dealkylation sites (N-methyl/N-ethyl adjacent to an activating group) is 1. The number of carbonyl (C=O) groups excluding carboxylic acids is 2. The lowest BCUT2D eigenvalue weighted by Crippen LogP contribution is -2.27. The summed E-state index contributed by atoms with van der Waals surface area (Å²) in [7, 11) is 0. The second kappa shape index (κ2) is 15.3. The van der Waals surface area contributed by atoms with Crippen LogP contribution in [0.5, 0.6) is 0 Å². The number of ether oxygens (including phenoxy) is 2. The van der Waals surface area contributed by atoms with Crippen LogP contribution >= 0.6 is 0 Å². The maximum atomic E-state index is 11.0. The normalized spacial score (nSPS) is 9.65. The molecule has 0 N–H and O–H groups in total. The van der Waals surface area contributed by atoms with Gasteiger partial charge >= 0.3 is 11.9 Å². The summed E-state index contributed by atoms with van der Waals surface area (Å²) < 4.78 is 9.76. The van der Waals surface area contributed by atoms with E-state index in [1.54, 1.807) is 13.8 Å². The van der Waals surface area contributed by atoms with Gasteiger partial charge in [-0.1, -0.05) is 40.3 Å². The van der Waals surface area contributed by atoms with Crippen molar-refractivity contribution < 1.29 is 19.1 Å². The van der Waals surface area contributed by atoms with Crippen molar-refractivity contribution in [1.29, 1.82) is 0 Å². The summed E-state index contributed by atoms with van der Waals surface area (Å²) in [4.78, 5) is 23.9. The summed E-state index contributed by atoms with van der Waals surface area (Å²) in [6.07, 6.45) is 1.97. The van der Waals surface area contributed by atoms with Gasteiger partial charge in [0.15, 0.2) is 0 Å². The Morgan fingerprint density at radius 1 is 0.870 bits per heavy atom. The topological polar surface area (TPSA) is 55.8 Å². The molecule has 5 nitrogen and oxygen atoms in total. The predicted molar refractivity (Wildman–Crippen MR) is 94.2 cm³/mol. The van der Waals surface area contributed by atoms with Gasteiger partial charge in [-0.15, -0.1) is 0 Å². The van der Waals surface area contributed by atoms with E-state index in [1.165, 1.54) is 0 Å². The molecular weight excluding hydrogens is 294 g/mol. The quantitative estimate of drug-likeness (QED) is 0.350. The maximum Gasteiger partial charge on any atom is 0.333 e. The second-order valence-electron chi connectivity index (χ2n) is 5.21. The minimum Gasteiger partial charge on any atom is -0.462 e. The second-order valence-corrected chi connectivity index (χ2v) is 5.21. The van der Waals surface area contributed by atoms with Gasteiger partial charge < -0.3 is 14.4 Å². The molecule has 5 heteroatoms. The largest absolute Gasteiger partial charge is 0.462 e. The van der Waals surface area contributed by atoms with Gasteiger partial charge in [-0.2, -0.15) is 0 Å². The number of hydrogen-bond donors (Lipinski definition) is 0. The zero-order chi connectivity index (χ0) is 18.3. The summed E-state index contributed by atoms with van der Waals surface area (Å²) in [6.45, 7) is 20.2. The van der Waals surface area contributed by atoms with E-state index in [0.29, 0.717) is 24.4 Å². The Morgan fingerprint density at radius 3 is 1.65 bits per heavy atom. The van der Waals surface area contributed by atoms with E-state index >= 15 is 0 Å². The maximum absolute atomic E-state index is 11.0. The molecule has 0 aromatic rings. The van der Waals surface area contributed by atoms with E-state index in [2.05, 4.69) is 38.8 Å². The summed E-state index contributed by atoms with van der Waals surface area (Å²) in [5, 5.41) is 0. The van der Waals surface area contributed by atoms with Crippen LogP contribution in [0.25, 0.3) is 0 Å². The predicted octanol–water partition coefficient (Wildman–Crippen LogP) is 3.35. The smallest absolute Gasteiger partial charge is 0.333 e. The lowest BCUT2D eigenvalue weighted by Gasteiger charge is -2.17. The molecule has 0 heterocycles. The molecular formula is C18H33NO4. The molecule has 0 atom stereocenters. The fraction of sp³-hybridized carbons (Fsp3) is 0.667. The van der Waals surface area contributed by atoms with Crippen molar-refractivity contribution in [2.45, 2.75) is 47.5 Å². The zero-order valence-electron chi connectivity index (χ0n) is 15.4. The highest BCUT2D eigenvalue weighted by Gasteiger charge is 2.04. The highest BCUT2D eigenvalue weighted by Crippen LogP contribution is 1.95. The van der Waals surface area contributed by atoms with Crippen molar-refractivity contribution in [2.75, 3.05) is 32.8 Å². The summed E-state index contributed by atoms with van der Waals surface area (Å²) in [5.41, 5.74) is 0.927. The van der Waals surface area contributed by atoms with Gasteiger partial charge in [0.25, 0.3) is 0 Å². The molecule has 0 aliphatic rings. The standard InChI is InChI=1S/C10H19NO2.C8H14O2/c1-5-11(6-2)7-8-13-10(12)9(3)4;1-4-5-6-10-8(9)7(2)3/h3,5-8H2,1-2,4H3;2,4-6H2,1,3H3. The first-order valence-electron chi connectivity index (χ1n) is 8.17. The molecule has 0 saturated heterocycles. The highest BCUT2D eigenvalue weighted by molar-refractivity contribution is 5.87. The molecule has 0 amide bonds. The average molecular weight is 327 g/mol. The molecule has 0 unspecified atom stereocenters. The van der Waals surface area contributed by atoms with Crippen LogP contribution in [0.1, 0.15) is 47.5 Å². The summed E-state index contributed by atoms with van der Waals surface area (Å²) in [5.74, 6) is -0.583. The zero-order valence-corrected chi connectivity index (χ0v) is 15.4. The molecule has 0 aliphatic heterocycles. The number of nitrogens with zero attached hydrogens (tertiary/aromatic N) is 1. The average Bonchev–Trinajstić information content (AvgIpc) is 2.51. The number of carbonyl (C=O) groups is 2. The molecule has 23 heavy (non-hydrogen) atoms. The van der Waals surface area contributed by atoms with Gasteiger partial charge in [-0.25, -0.2) is 9.59 Å². The summed E-state index contributed by atoms with van der Waals surface area (Å²) >= 11 is 0. The third-order valence-corrected chi connectivity index (χ3v) is 2.96. The molecule has 0 radical (unpaired) electrons. The third-order valence-electron chi connectivity index (χ3n) is 2.96. The first-order chi connectivity index (χ1) is 10.8. The van der Waals surface area contributed by atoms with E-state index in [9.17, 15) is 9.59 Å². The van der Waals surface area contributed by atoms with E-state index in [1.807, 2.05) is 0 Å². The molecule has 0 rings (SSSR count). The van der Waals surface area contributed by atoms with E-state index in [4.69, 9.17) is 9.47 Å². The Kier molecular flexibility index (Phi) is 15.7. The monoisotopic (exact) mass is 327 g/mol. The Bertz CT molecular complexity index is 373. The number of esters is 2. The van der Waals surface area contributed by atoms with Crippen LogP contribution in [0.15, 0.2) is 24.3 Å². The Hall–Kier alpha value is -1.62.